The van der Waals surface area contributed by atoms with Gasteiger partial charge >= 0.3 is 5.69 Å². The third kappa shape index (κ3) is 5.75. The average molecular weight is 567 g/mol. The summed E-state index contributed by atoms with van der Waals surface area (Å²) in [4.78, 5) is 37.4. The molecule has 1 aliphatic rings. The van der Waals surface area contributed by atoms with E-state index in [2.05, 4.69) is 21.4 Å². The fourth-order valence-electron chi connectivity index (χ4n) is 5.35. The van der Waals surface area contributed by atoms with Crippen LogP contribution in [0.1, 0.15) is 34.1 Å². The van der Waals surface area contributed by atoms with E-state index in [4.69, 9.17) is 10.5 Å². The number of fused-ring (bicyclic) bond motifs is 1. The number of nitrogens with two attached hydrogens (primary N) is 1. The van der Waals surface area contributed by atoms with Crippen molar-refractivity contribution in [1.29, 1.82) is 5.26 Å². The van der Waals surface area contributed by atoms with Crippen molar-refractivity contribution in [2.75, 3.05) is 12.3 Å². The average Bonchev–Trinajstić information content (AvgIpc) is 3.22. The normalized spacial score (nSPS) is 15.5. The molecule has 2 aromatic heterocycles. The monoisotopic (exact) mass is 566 g/mol. The van der Waals surface area contributed by atoms with Crippen molar-refractivity contribution in [3.63, 3.8) is 0 Å². The fraction of sp³-hybridized carbons (Fsp3) is 0.323. The highest BCUT2D eigenvalue weighted by atomic mass is 16.5. The molecule has 0 aliphatic carbocycles. The van der Waals surface area contributed by atoms with Gasteiger partial charge in [0, 0.05) is 24.7 Å². The molecule has 3 heterocycles. The van der Waals surface area contributed by atoms with Gasteiger partial charge in [-0.1, -0.05) is 32.0 Å². The van der Waals surface area contributed by atoms with Gasteiger partial charge in [0.15, 0.2) is 11.5 Å². The second-order valence-electron chi connectivity index (χ2n) is 11.2. The van der Waals surface area contributed by atoms with Gasteiger partial charge in [0.25, 0.3) is 5.91 Å². The highest BCUT2D eigenvalue weighted by Gasteiger charge is 2.36. The number of rotatable bonds is 9. The van der Waals surface area contributed by atoms with Crippen LogP contribution >= 0.6 is 0 Å². The van der Waals surface area contributed by atoms with Crippen molar-refractivity contribution in [2.24, 2.45) is 0 Å². The standard InChI is InChI=1S/C31H34N8O3/c1-20(2)36-31(3,4)16-21(17-32)29(40)37-15-14-23(37)18-38-28-26(27(33)34-19-35-28)39(30(38)41)22-10-12-25(13-11-22)42-24-8-6-5-7-9-24/h5-13,16,19-20,23,36H,14-15,18H2,1-4H3,(H2,33,34,35)/t23-/m0/s1. The zero-order chi connectivity index (χ0) is 30.0. The number of anilines is 1. The minimum atomic E-state index is -0.546. The van der Waals surface area contributed by atoms with Crippen LogP contribution in [-0.4, -0.2) is 54.1 Å². The second kappa shape index (κ2) is 11.5. The maximum absolute atomic E-state index is 13.8. The van der Waals surface area contributed by atoms with Crippen molar-refractivity contribution < 1.29 is 9.53 Å². The third-order valence-corrected chi connectivity index (χ3v) is 7.12. The SMILES string of the molecule is CC(C)NC(C)(C)C=C(C#N)C(=O)N1CC[C@H]1Cn1c(=O)n(-c2ccc(Oc3ccccc3)cc2)c2c(N)ncnc21. The van der Waals surface area contributed by atoms with E-state index in [0.29, 0.717) is 41.3 Å². The Morgan fingerprint density at radius 1 is 1.17 bits per heavy atom. The molecule has 42 heavy (non-hydrogen) atoms. The fourth-order valence-corrected chi connectivity index (χ4v) is 5.35. The highest BCUT2D eigenvalue weighted by Crippen LogP contribution is 2.27. The quantitative estimate of drug-likeness (QED) is 0.230. The van der Waals surface area contributed by atoms with Crippen LogP contribution in [0.15, 0.2) is 77.4 Å². The molecule has 3 N–H and O–H groups in total. The molecule has 0 bridgehead atoms. The van der Waals surface area contributed by atoms with Crippen molar-refractivity contribution >= 4 is 22.9 Å². The van der Waals surface area contributed by atoms with Gasteiger partial charge < -0.3 is 20.7 Å². The Labute approximate surface area is 243 Å². The number of hydrogen-bond acceptors (Lipinski definition) is 8. The van der Waals surface area contributed by atoms with Crippen LogP contribution in [0.3, 0.4) is 0 Å². The zero-order valence-corrected chi connectivity index (χ0v) is 24.1. The largest absolute Gasteiger partial charge is 0.457 e. The summed E-state index contributed by atoms with van der Waals surface area (Å²) in [5, 5.41) is 13.1. The number of para-hydroxylation sites is 1. The number of amides is 1. The molecular weight excluding hydrogens is 532 g/mol. The predicted octanol–water partition coefficient (Wildman–Crippen LogP) is 3.78. The van der Waals surface area contributed by atoms with Gasteiger partial charge in [-0.3, -0.25) is 13.9 Å². The minimum absolute atomic E-state index is 0.0667. The van der Waals surface area contributed by atoms with Gasteiger partial charge in [-0.15, -0.1) is 0 Å². The lowest BCUT2D eigenvalue weighted by Crippen LogP contribution is -2.54. The van der Waals surface area contributed by atoms with E-state index in [-0.39, 0.29) is 41.6 Å². The Morgan fingerprint density at radius 2 is 1.86 bits per heavy atom. The number of carbonyl (C=O) groups excluding carboxylic acids is 1. The number of ether oxygens (including phenoxy) is 1. The topological polar surface area (TPSA) is 144 Å². The van der Waals surface area contributed by atoms with Crippen LogP contribution < -0.4 is 21.5 Å². The molecule has 0 unspecified atom stereocenters. The Balaban J connectivity index is 1.43. The number of imidazole rings is 1. The molecule has 0 radical (unpaired) electrons. The number of nitrogen functional groups attached to an aromatic ring is 1. The van der Waals surface area contributed by atoms with E-state index in [1.54, 1.807) is 35.2 Å². The van der Waals surface area contributed by atoms with E-state index < -0.39 is 5.54 Å². The van der Waals surface area contributed by atoms with Gasteiger partial charge in [0.1, 0.15) is 35.0 Å². The predicted molar refractivity (Wildman–Crippen MR) is 160 cm³/mol. The Bertz CT molecular complexity index is 1730. The van der Waals surface area contributed by atoms with E-state index in [9.17, 15) is 14.9 Å². The van der Waals surface area contributed by atoms with Crippen molar-refractivity contribution in [3.8, 4) is 23.3 Å². The number of nitrogens with zero attached hydrogens (tertiary/aromatic N) is 6. The van der Waals surface area contributed by atoms with Crippen molar-refractivity contribution in [1.82, 2.24) is 29.3 Å². The first-order valence-corrected chi connectivity index (χ1v) is 13.8. The maximum Gasteiger partial charge on any atom is 0.335 e. The van der Waals surface area contributed by atoms with Crippen LogP contribution in [0.5, 0.6) is 11.5 Å². The maximum atomic E-state index is 13.8. The number of benzene rings is 2. The molecule has 11 heteroatoms. The van der Waals surface area contributed by atoms with E-state index >= 15 is 0 Å². The molecule has 216 valence electrons. The van der Waals surface area contributed by atoms with Gasteiger partial charge in [0.05, 0.1) is 11.7 Å². The molecular formula is C31H34N8O3. The molecule has 1 saturated heterocycles. The summed E-state index contributed by atoms with van der Waals surface area (Å²) in [6.45, 7) is 8.55. The van der Waals surface area contributed by atoms with Crippen LogP contribution in [0.25, 0.3) is 16.9 Å². The third-order valence-electron chi connectivity index (χ3n) is 7.12. The number of aromatic nitrogens is 4. The zero-order valence-electron chi connectivity index (χ0n) is 24.1. The summed E-state index contributed by atoms with van der Waals surface area (Å²) in [6.07, 6.45) is 3.67. The van der Waals surface area contributed by atoms with Crippen LogP contribution in [0.2, 0.25) is 0 Å². The second-order valence-corrected chi connectivity index (χ2v) is 11.2. The van der Waals surface area contributed by atoms with Gasteiger partial charge in [0.2, 0.25) is 0 Å². The van der Waals surface area contributed by atoms with Crippen molar-refractivity contribution in [2.45, 2.75) is 58.3 Å². The molecule has 0 spiro atoms. The molecule has 1 fully saturated rings. The summed E-state index contributed by atoms with van der Waals surface area (Å²) < 4.78 is 8.89. The smallest absolute Gasteiger partial charge is 0.335 e. The summed E-state index contributed by atoms with van der Waals surface area (Å²) in [7, 11) is 0. The number of likely N-dealkylation sites (tertiary alicyclic amines) is 1. The van der Waals surface area contributed by atoms with Gasteiger partial charge in [-0.2, -0.15) is 5.26 Å². The lowest BCUT2D eigenvalue weighted by atomic mass is 9.97. The number of hydrogen-bond donors (Lipinski definition) is 2. The van der Waals surface area contributed by atoms with Gasteiger partial charge in [-0.05, 0) is 62.7 Å². The first-order chi connectivity index (χ1) is 20.1. The van der Waals surface area contributed by atoms with Crippen LogP contribution in [0.4, 0.5) is 5.82 Å². The Kier molecular flexibility index (Phi) is 7.83. The summed E-state index contributed by atoms with van der Waals surface area (Å²) >= 11 is 0. The van der Waals surface area contributed by atoms with E-state index in [1.165, 1.54) is 15.5 Å². The molecule has 1 aliphatic heterocycles. The highest BCUT2D eigenvalue weighted by molar-refractivity contribution is 5.98. The van der Waals surface area contributed by atoms with Crippen molar-refractivity contribution in [3.05, 3.63) is 83.1 Å². The molecule has 1 amide bonds. The molecule has 5 rings (SSSR count). The van der Waals surface area contributed by atoms with E-state index in [0.717, 1.165) is 0 Å². The Hall–Kier alpha value is -4.95. The molecule has 4 aromatic rings. The Morgan fingerprint density at radius 3 is 2.48 bits per heavy atom. The summed E-state index contributed by atoms with van der Waals surface area (Å²) in [6, 6.07) is 18.4. The lowest BCUT2D eigenvalue weighted by molar-refractivity contribution is -0.134. The minimum Gasteiger partial charge on any atom is -0.457 e. The van der Waals surface area contributed by atoms with Crippen LogP contribution in [-0.2, 0) is 11.3 Å². The first kappa shape index (κ1) is 28.6. The number of carbonyl (C=O) groups is 1. The van der Waals surface area contributed by atoms with Crippen LogP contribution in [0, 0.1) is 11.3 Å². The van der Waals surface area contributed by atoms with E-state index in [1.807, 2.05) is 58.0 Å². The molecule has 1 atom stereocenters. The molecule has 2 aromatic carbocycles. The summed E-state index contributed by atoms with van der Waals surface area (Å²) in [5.41, 5.74) is 6.74. The summed E-state index contributed by atoms with van der Waals surface area (Å²) in [5.74, 6) is 1.12. The lowest BCUT2D eigenvalue weighted by Gasteiger charge is -2.41. The molecule has 0 saturated carbocycles. The number of nitrogens with one attached hydrogen (secondary N) is 1. The first-order valence-electron chi connectivity index (χ1n) is 13.8. The number of nitriles is 1. The van der Waals surface area contributed by atoms with Gasteiger partial charge in [-0.25, -0.2) is 14.8 Å². The molecule has 11 nitrogen and oxygen atoms in total.